The molecule has 4 heteroatoms. The van der Waals surface area contributed by atoms with Crippen molar-refractivity contribution in [1.82, 2.24) is 4.98 Å². The molecule has 0 bridgehead atoms. The Hall–Kier alpha value is -0.670. The maximum absolute atomic E-state index is 13.4. The molecule has 0 saturated heterocycles. The molecule has 1 rings (SSSR count). The molecule has 1 heterocycles. The number of pyridine rings is 1. The highest BCUT2D eigenvalue weighted by atomic mass is 35.5. The average Bonchev–Trinajstić information content (AvgIpc) is 2.09. The zero-order valence-corrected chi connectivity index (χ0v) is 9.11. The van der Waals surface area contributed by atoms with Crippen LogP contribution in [-0.2, 0) is 5.41 Å². The molecule has 0 aromatic carbocycles. The molecular weight excluding hydrogens is 203 g/mol. The molecule has 0 unspecified atom stereocenters. The molecule has 0 fully saturated rings. The average molecular weight is 217 g/mol. The molecule has 1 aromatic rings. The smallest absolute Gasteiger partial charge is 0.216 e. The first kappa shape index (κ1) is 11.4. The predicted molar refractivity (Wildman–Crippen MR) is 55.9 cm³/mol. The van der Waals surface area contributed by atoms with Crippen molar-refractivity contribution in [2.45, 2.75) is 25.7 Å². The maximum Gasteiger partial charge on any atom is 0.216 e. The van der Waals surface area contributed by atoms with Crippen molar-refractivity contribution in [2.75, 3.05) is 6.54 Å². The van der Waals surface area contributed by atoms with Crippen molar-refractivity contribution < 1.29 is 4.39 Å². The summed E-state index contributed by atoms with van der Waals surface area (Å²) < 4.78 is 13.4. The quantitative estimate of drug-likeness (QED) is 0.789. The lowest BCUT2D eigenvalue weighted by molar-refractivity contribution is 0.444. The SMILES string of the molecule is CC(C)(CCN)c1cc(Cl)cnc1F. The van der Waals surface area contributed by atoms with Crippen LogP contribution in [-0.4, -0.2) is 11.5 Å². The minimum Gasteiger partial charge on any atom is -0.330 e. The van der Waals surface area contributed by atoms with Gasteiger partial charge in [-0.15, -0.1) is 0 Å². The number of nitrogens with two attached hydrogens (primary N) is 1. The fraction of sp³-hybridized carbons (Fsp3) is 0.500. The van der Waals surface area contributed by atoms with E-state index in [2.05, 4.69) is 4.98 Å². The van der Waals surface area contributed by atoms with Crippen LogP contribution >= 0.6 is 11.6 Å². The Morgan fingerprint density at radius 1 is 1.57 bits per heavy atom. The Morgan fingerprint density at radius 2 is 2.21 bits per heavy atom. The summed E-state index contributed by atoms with van der Waals surface area (Å²) in [5.41, 5.74) is 5.67. The van der Waals surface area contributed by atoms with E-state index in [1.807, 2.05) is 13.8 Å². The highest BCUT2D eigenvalue weighted by molar-refractivity contribution is 6.30. The molecule has 0 aliphatic carbocycles. The summed E-state index contributed by atoms with van der Waals surface area (Å²) in [5, 5.41) is 0.450. The molecule has 2 N–H and O–H groups in total. The monoisotopic (exact) mass is 216 g/mol. The van der Waals surface area contributed by atoms with Crippen molar-refractivity contribution in [1.29, 1.82) is 0 Å². The van der Waals surface area contributed by atoms with Crippen LogP contribution < -0.4 is 5.73 Å². The zero-order valence-electron chi connectivity index (χ0n) is 8.35. The molecule has 0 aliphatic rings. The van der Waals surface area contributed by atoms with Gasteiger partial charge in [0.1, 0.15) is 0 Å². The normalized spacial score (nSPS) is 11.8. The van der Waals surface area contributed by atoms with Gasteiger partial charge in [0.25, 0.3) is 0 Å². The molecule has 0 radical (unpaired) electrons. The first-order valence-electron chi connectivity index (χ1n) is 4.49. The van der Waals surface area contributed by atoms with Crippen LogP contribution in [0.2, 0.25) is 5.02 Å². The Balaban J connectivity index is 3.10. The number of halogens is 2. The van der Waals surface area contributed by atoms with Gasteiger partial charge in [0, 0.05) is 11.8 Å². The first-order valence-corrected chi connectivity index (χ1v) is 4.87. The molecule has 0 atom stereocenters. The van der Waals surface area contributed by atoms with Crippen molar-refractivity contribution >= 4 is 11.6 Å². The van der Waals surface area contributed by atoms with Crippen LogP contribution in [0, 0.1) is 5.95 Å². The Labute approximate surface area is 88.3 Å². The molecule has 0 aliphatic heterocycles. The Kier molecular flexibility index (Phi) is 3.45. The van der Waals surface area contributed by atoms with E-state index in [4.69, 9.17) is 17.3 Å². The highest BCUT2D eigenvalue weighted by Gasteiger charge is 2.24. The van der Waals surface area contributed by atoms with Crippen LogP contribution in [0.5, 0.6) is 0 Å². The second kappa shape index (κ2) is 4.24. The van der Waals surface area contributed by atoms with Crippen LogP contribution in [0.3, 0.4) is 0 Å². The lowest BCUT2D eigenvalue weighted by Gasteiger charge is -2.24. The van der Waals surface area contributed by atoms with E-state index in [0.717, 1.165) is 0 Å². The van der Waals surface area contributed by atoms with Gasteiger partial charge >= 0.3 is 0 Å². The van der Waals surface area contributed by atoms with Crippen molar-refractivity contribution in [3.63, 3.8) is 0 Å². The number of hydrogen-bond donors (Lipinski definition) is 1. The topological polar surface area (TPSA) is 38.9 Å². The molecule has 1 aromatic heterocycles. The standard InChI is InChI=1S/C10H14ClFN2/c1-10(2,3-4-13)8-5-7(11)6-14-9(8)12/h5-6H,3-4,13H2,1-2H3. The first-order chi connectivity index (χ1) is 6.47. The van der Waals surface area contributed by atoms with Crippen LogP contribution in [0.25, 0.3) is 0 Å². The molecule has 0 saturated carbocycles. The van der Waals surface area contributed by atoms with Gasteiger partial charge in [-0.2, -0.15) is 4.39 Å². The second-order valence-electron chi connectivity index (χ2n) is 3.91. The van der Waals surface area contributed by atoms with Gasteiger partial charge in [-0.3, -0.25) is 0 Å². The van der Waals surface area contributed by atoms with Gasteiger partial charge in [-0.25, -0.2) is 4.98 Å². The van der Waals surface area contributed by atoms with Crippen molar-refractivity contribution in [3.05, 3.63) is 28.8 Å². The molecule has 0 spiro atoms. The highest BCUT2D eigenvalue weighted by Crippen LogP contribution is 2.29. The summed E-state index contributed by atoms with van der Waals surface area (Å²) in [6.07, 6.45) is 2.00. The third kappa shape index (κ3) is 2.42. The van der Waals surface area contributed by atoms with Gasteiger partial charge < -0.3 is 5.73 Å². The summed E-state index contributed by atoms with van der Waals surface area (Å²) in [4.78, 5) is 3.59. The molecule has 14 heavy (non-hydrogen) atoms. The number of hydrogen-bond acceptors (Lipinski definition) is 2. The number of nitrogens with zero attached hydrogens (tertiary/aromatic N) is 1. The fourth-order valence-electron chi connectivity index (χ4n) is 1.39. The molecular formula is C10H14ClFN2. The third-order valence-electron chi connectivity index (χ3n) is 2.30. The zero-order chi connectivity index (χ0) is 10.8. The molecule has 2 nitrogen and oxygen atoms in total. The van der Waals surface area contributed by atoms with Crippen molar-refractivity contribution in [3.8, 4) is 0 Å². The van der Waals surface area contributed by atoms with E-state index >= 15 is 0 Å². The maximum atomic E-state index is 13.4. The van der Waals surface area contributed by atoms with Crippen LogP contribution in [0.4, 0.5) is 4.39 Å². The van der Waals surface area contributed by atoms with Crippen molar-refractivity contribution in [2.24, 2.45) is 5.73 Å². The summed E-state index contributed by atoms with van der Waals surface area (Å²) in [6, 6.07) is 1.61. The Bertz CT molecular complexity index is 326. The summed E-state index contributed by atoms with van der Waals surface area (Å²) in [6.45, 7) is 4.37. The lowest BCUT2D eigenvalue weighted by atomic mass is 9.82. The van der Waals surface area contributed by atoms with E-state index in [9.17, 15) is 4.39 Å². The van der Waals surface area contributed by atoms with Gasteiger partial charge in [0.2, 0.25) is 5.95 Å². The van der Waals surface area contributed by atoms with E-state index in [-0.39, 0.29) is 5.41 Å². The van der Waals surface area contributed by atoms with Gasteiger partial charge in [0.15, 0.2) is 0 Å². The van der Waals surface area contributed by atoms with Crippen LogP contribution in [0.1, 0.15) is 25.8 Å². The van der Waals surface area contributed by atoms with Crippen LogP contribution in [0.15, 0.2) is 12.3 Å². The second-order valence-corrected chi connectivity index (χ2v) is 4.35. The minimum atomic E-state index is -0.465. The molecule has 0 amide bonds. The van der Waals surface area contributed by atoms with Gasteiger partial charge in [0.05, 0.1) is 5.02 Å². The van der Waals surface area contributed by atoms with Gasteiger partial charge in [-0.05, 0) is 24.4 Å². The minimum absolute atomic E-state index is 0.323. The summed E-state index contributed by atoms with van der Waals surface area (Å²) in [5.74, 6) is -0.465. The van der Waals surface area contributed by atoms with E-state index in [1.54, 1.807) is 6.07 Å². The lowest BCUT2D eigenvalue weighted by Crippen LogP contribution is -2.23. The number of aromatic nitrogens is 1. The van der Waals surface area contributed by atoms with E-state index in [1.165, 1.54) is 6.20 Å². The summed E-state index contributed by atoms with van der Waals surface area (Å²) in [7, 11) is 0. The summed E-state index contributed by atoms with van der Waals surface area (Å²) >= 11 is 5.76. The third-order valence-corrected chi connectivity index (χ3v) is 2.51. The Morgan fingerprint density at radius 3 is 2.79 bits per heavy atom. The van der Waals surface area contributed by atoms with E-state index in [0.29, 0.717) is 23.6 Å². The van der Waals surface area contributed by atoms with E-state index < -0.39 is 5.95 Å². The van der Waals surface area contributed by atoms with Gasteiger partial charge in [-0.1, -0.05) is 25.4 Å². The number of rotatable bonds is 3. The predicted octanol–water partition coefficient (Wildman–Crippen LogP) is 2.50. The molecule has 78 valence electrons. The fourth-order valence-corrected chi connectivity index (χ4v) is 1.55. The largest absolute Gasteiger partial charge is 0.330 e.